The summed E-state index contributed by atoms with van der Waals surface area (Å²) in [6.07, 6.45) is 7.52. The third-order valence-corrected chi connectivity index (χ3v) is 4.81. The van der Waals surface area contributed by atoms with Crippen LogP contribution in [-0.4, -0.2) is 16.2 Å². The zero-order valence-electron chi connectivity index (χ0n) is 15.4. The van der Waals surface area contributed by atoms with Crippen molar-refractivity contribution in [1.82, 2.24) is 9.55 Å². The summed E-state index contributed by atoms with van der Waals surface area (Å²) >= 11 is 6.13. The van der Waals surface area contributed by atoms with Gasteiger partial charge in [0.25, 0.3) is 0 Å². The van der Waals surface area contributed by atoms with Crippen LogP contribution in [0, 0.1) is 0 Å². The zero-order chi connectivity index (χ0) is 19.2. The predicted molar refractivity (Wildman–Crippen MR) is 114 cm³/mol. The summed E-state index contributed by atoms with van der Waals surface area (Å²) < 4.78 is 13.4. The molecule has 0 N–H and O–H groups in total. The minimum atomic E-state index is 0.633. The molecule has 2 aromatic heterocycles. The predicted octanol–water partition coefficient (Wildman–Crippen LogP) is 6.31. The maximum atomic E-state index is 6.13. The average molecular weight is 393 g/mol. The molecular weight excluding hydrogens is 372 g/mol. The number of aromatic nitrogens is 2. The molecule has 0 spiro atoms. The Kier molecular flexibility index (Phi) is 5.78. The number of halogens is 1. The van der Waals surface area contributed by atoms with E-state index in [-0.39, 0.29) is 0 Å². The number of aryl methyl sites for hydroxylation is 1. The molecule has 0 fully saturated rings. The number of hydrogen-bond acceptors (Lipinski definition) is 3. The van der Waals surface area contributed by atoms with Gasteiger partial charge in [0.05, 0.1) is 28.9 Å². The number of rotatable bonds is 8. The van der Waals surface area contributed by atoms with E-state index in [0.29, 0.717) is 11.6 Å². The van der Waals surface area contributed by atoms with Crippen molar-refractivity contribution in [3.05, 3.63) is 83.5 Å². The van der Waals surface area contributed by atoms with Gasteiger partial charge in [0.15, 0.2) is 0 Å². The highest BCUT2D eigenvalue weighted by molar-refractivity contribution is 6.32. The summed E-state index contributed by atoms with van der Waals surface area (Å²) in [5.74, 6) is 2.47. The fraction of sp³-hybridized carbons (Fsp3) is 0.174. The second kappa shape index (κ2) is 8.81. The minimum absolute atomic E-state index is 0.633. The Hall–Kier alpha value is -2.98. The van der Waals surface area contributed by atoms with Gasteiger partial charge in [-0.1, -0.05) is 35.9 Å². The highest BCUT2D eigenvalue weighted by atomic mass is 35.5. The van der Waals surface area contributed by atoms with E-state index in [9.17, 15) is 0 Å². The maximum Gasteiger partial charge on any atom is 0.137 e. The summed E-state index contributed by atoms with van der Waals surface area (Å²) in [4.78, 5) is 4.76. The highest BCUT2D eigenvalue weighted by Gasteiger charge is 2.08. The van der Waals surface area contributed by atoms with Gasteiger partial charge in [-0.3, -0.25) is 0 Å². The number of benzene rings is 2. The fourth-order valence-electron chi connectivity index (χ4n) is 3.12. The van der Waals surface area contributed by atoms with Crippen molar-refractivity contribution in [2.24, 2.45) is 0 Å². The van der Waals surface area contributed by atoms with Crippen molar-refractivity contribution in [1.29, 1.82) is 0 Å². The van der Waals surface area contributed by atoms with E-state index in [2.05, 4.69) is 10.6 Å². The second-order valence-corrected chi connectivity index (χ2v) is 6.85. The molecule has 28 heavy (non-hydrogen) atoms. The van der Waals surface area contributed by atoms with Gasteiger partial charge in [-0.25, -0.2) is 4.98 Å². The largest absolute Gasteiger partial charge is 0.492 e. The van der Waals surface area contributed by atoms with Crippen molar-refractivity contribution in [3.63, 3.8) is 0 Å². The van der Waals surface area contributed by atoms with Crippen LogP contribution in [0.4, 0.5) is 0 Å². The molecule has 0 amide bonds. The second-order valence-electron chi connectivity index (χ2n) is 6.45. The highest BCUT2D eigenvalue weighted by Crippen LogP contribution is 2.23. The van der Waals surface area contributed by atoms with Gasteiger partial charge in [0.1, 0.15) is 17.3 Å². The molecule has 4 aromatic rings. The molecule has 0 saturated carbocycles. The molecule has 0 saturated heterocycles. The van der Waals surface area contributed by atoms with Gasteiger partial charge >= 0.3 is 0 Å². The first-order valence-electron chi connectivity index (χ1n) is 9.35. The quantitative estimate of drug-likeness (QED) is 0.330. The molecule has 0 unspecified atom stereocenters. The molecule has 0 aliphatic carbocycles. The maximum absolute atomic E-state index is 6.13. The Labute approximate surface area is 169 Å². The molecule has 0 aliphatic heterocycles. The summed E-state index contributed by atoms with van der Waals surface area (Å²) in [7, 11) is 0. The lowest BCUT2D eigenvalue weighted by Crippen LogP contribution is -2.04. The number of para-hydroxylation sites is 3. The fourth-order valence-corrected chi connectivity index (χ4v) is 3.31. The van der Waals surface area contributed by atoms with E-state index in [4.69, 9.17) is 25.7 Å². The first-order chi connectivity index (χ1) is 13.8. The summed E-state index contributed by atoms with van der Waals surface area (Å²) in [6.45, 7) is 1.50. The van der Waals surface area contributed by atoms with E-state index in [1.165, 1.54) is 0 Å². The average Bonchev–Trinajstić information content (AvgIpc) is 3.35. The van der Waals surface area contributed by atoms with Crippen LogP contribution in [0.5, 0.6) is 5.75 Å². The van der Waals surface area contributed by atoms with E-state index in [1.807, 2.05) is 66.7 Å². The monoisotopic (exact) mass is 392 g/mol. The van der Waals surface area contributed by atoms with Crippen molar-refractivity contribution in [2.75, 3.05) is 6.61 Å². The van der Waals surface area contributed by atoms with Crippen LogP contribution in [0.25, 0.3) is 23.2 Å². The molecule has 4 nitrogen and oxygen atoms in total. The van der Waals surface area contributed by atoms with Crippen LogP contribution in [0.3, 0.4) is 0 Å². The first-order valence-corrected chi connectivity index (χ1v) is 9.73. The van der Waals surface area contributed by atoms with Crippen LogP contribution in [-0.2, 0) is 6.54 Å². The Morgan fingerprint density at radius 3 is 2.68 bits per heavy atom. The SMILES string of the molecule is Clc1ccccc1OCCCCn1c(/C=C/c2ccco2)nc2ccccc21. The Morgan fingerprint density at radius 2 is 1.82 bits per heavy atom. The van der Waals surface area contributed by atoms with Crippen molar-refractivity contribution >= 4 is 34.8 Å². The van der Waals surface area contributed by atoms with Gasteiger partial charge in [-0.2, -0.15) is 0 Å². The number of hydrogen-bond donors (Lipinski definition) is 0. The van der Waals surface area contributed by atoms with Crippen molar-refractivity contribution in [3.8, 4) is 5.75 Å². The minimum Gasteiger partial charge on any atom is -0.492 e. The van der Waals surface area contributed by atoms with Crippen molar-refractivity contribution in [2.45, 2.75) is 19.4 Å². The van der Waals surface area contributed by atoms with Gasteiger partial charge < -0.3 is 13.7 Å². The molecule has 0 aliphatic rings. The molecule has 0 bridgehead atoms. The van der Waals surface area contributed by atoms with E-state index < -0.39 is 0 Å². The van der Waals surface area contributed by atoms with Crippen LogP contribution in [0.1, 0.15) is 24.4 Å². The normalized spacial score (nSPS) is 11.5. The lowest BCUT2D eigenvalue weighted by Gasteiger charge is -2.09. The topological polar surface area (TPSA) is 40.2 Å². The number of nitrogens with zero attached hydrogens (tertiary/aromatic N) is 2. The van der Waals surface area contributed by atoms with Crippen LogP contribution in [0.15, 0.2) is 71.3 Å². The number of ether oxygens (including phenoxy) is 1. The molecule has 0 radical (unpaired) electrons. The molecular formula is C23H21ClN2O2. The lowest BCUT2D eigenvalue weighted by atomic mass is 10.3. The lowest BCUT2D eigenvalue weighted by molar-refractivity contribution is 0.303. The van der Waals surface area contributed by atoms with E-state index in [0.717, 1.165) is 47.8 Å². The Morgan fingerprint density at radius 1 is 0.964 bits per heavy atom. The molecule has 142 valence electrons. The molecule has 2 heterocycles. The Balaban J connectivity index is 1.42. The summed E-state index contributed by atoms with van der Waals surface area (Å²) in [5, 5.41) is 0.647. The molecule has 2 aromatic carbocycles. The Bertz CT molecular complexity index is 1070. The van der Waals surface area contributed by atoms with Gasteiger partial charge in [0, 0.05) is 6.54 Å². The van der Waals surface area contributed by atoms with Gasteiger partial charge in [0.2, 0.25) is 0 Å². The smallest absolute Gasteiger partial charge is 0.137 e. The molecule has 5 heteroatoms. The molecule has 4 rings (SSSR count). The number of unbranched alkanes of at least 4 members (excludes halogenated alkanes) is 1. The van der Waals surface area contributed by atoms with Crippen LogP contribution >= 0.6 is 11.6 Å². The van der Waals surface area contributed by atoms with Crippen LogP contribution < -0.4 is 4.74 Å². The van der Waals surface area contributed by atoms with Gasteiger partial charge in [-0.05, 0) is 61.4 Å². The summed E-state index contributed by atoms with van der Waals surface area (Å²) in [5.41, 5.74) is 2.13. The zero-order valence-corrected chi connectivity index (χ0v) is 16.2. The standard InChI is InChI=1S/C23H21ClN2O2/c24-19-9-1-4-12-22(19)28-16-6-5-15-26-21-11-3-2-10-20(21)25-23(26)14-13-18-8-7-17-27-18/h1-4,7-14,17H,5-6,15-16H2/b14-13+. The number of fused-ring (bicyclic) bond motifs is 1. The first kappa shape index (κ1) is 18.4. The van der Waals surface area contributed by atoms with Crippen molar-refractivity contribution < 1.29 is 9.15 Å². The van der Waals surface area contributed by atoms with Gasteiger partial charge in [-0.15, -0.1) is 0 Å². The third-order valence-electron chi connectivity index (χ3n) is 4.49. The number of imidazole rings is 1. The van der Waals surface area contributed by atoms with E-state index >= 15 is 0 Å². The third kappa shape index (κ3) is 4.29. The van der Waals surface area contributed by atoms with E-state index in [1.54, 1.807) is 6.26 Å². The summed E-state index contributed by atoms with van der Waals surface area (Å²) in [6, 6.07) is 19.6. The molecule has 0 atom stereocenters. The number of furan rings is 1. The van der Waals surface area contributed by atoms with Crippen LogP contribution in [0.2, 0.25) is 5.02 Å².